The molecule has 0 saturated carbocycles. The molecule has 132 valence electrons. The van der Waals surface area contributed by atoms with Crippen molar-refractivity contribution in [1.29, 1.82) is 0 Å². The van der Waals surface area contributed by atoms with Gasteiger partial charge in [-0.15, -0.1) is 0 Å². The Morgan fingerprint density at radius 1 is 0.692 bits per heavy atom. The maximum atomic E-state index is 13.1. The van der Waals surface area contributed by atoms with E-state index in [2.05, 4.69) is 4.98 Å². The van der Waals surface area contributed by atoms with Gasteiger partial charge >= 0.3 is 0 Å². The van der Waals surface area contributed by atoms with Gasteiger partial charge in [-0.25, -0.2) is 16.8 Å². The van der Waals surface area contributed by atoms with Gasteiger partial charge in [0, 0.05) is 12.4 Å². The number of hydrogen-bond acceptors (Lipinski definition) is 5. The zero-order chi connectivity index (χ0) is 18.6. The van der Waals surface area contributed by atoms with Gasteiger partial charge in [0.15, 0.2) is 4.24 Å². The summed E-state index contributed by atoms with van der Waals surface area (Å²) >= 11 is 0. The lowest BCUT2D eigenvalue weighted by molar-refractivity contribution is 0.595. The fourth-order valence-corrected chi connectivity index (χ4v) is 6.14. The molecule has 0 aliphatic carbocycles. The van der Waals surface area contributed by atoms with Gasteiger partial charge in [0.2, 0.25) is 19.7 Å². The van der Waals surface area contributed by atoms with Crippen molar-refractivity contribution in [1.82, 2.24) is 4.98 Å². The highest BCUT2D eigenvalue weighted by Crippen LogP contribution is 2.30. The van der Waals surface area contributed by atoms with E-state index in [4.69, 9.17) is 0 Å². The van der Waals surface area contributed by atoms with Crippen LogP contribution in [0.25, 0.3) is 6.08 Å². The van der Waals surface area contributed by atoms with Crippen LogP contribution in [0.1, 0.15) is 5.56 Å². The fourth-order valence-electron chi connectivity index (χ4n) is 2.33. The standard InChI is InChI=1S/C19H15NO4S2/c21-25(22,17-9-3-1-4-10-17)19(14-16-8-7-13-20-15-16)26(23,24)18-11-5-2-6-12-18/h1-15H. The van der Waals surface area contributed by atoms with Crippen LogP contribution in [0.5, 0.6) is 0 Å². The minimum absolute atomic E-state index is 0.0883. The molecule has 0 unspecified atom stereocenters. The van der Waals surface area contributed by atoms with Crippen LogP contribution in [-0.2, 0) is 19.7 Å². The summed E-state index contributed by atoms with van der Waals surface area (Å²) in [6.45, 7) is 0. The number of pyridine rings is 1. The molecule has 0 aliphatic heterocycles. The van der Waals surface area contributed by atoms with Crippen LogP contribution < -0.4 is 0 Å². The molecular weight excluding hydrogens is 370 g/mol. The Morgan fingerprint density at radius 3 is 1.62 bits per heavy atom. The predicted molar refractivity (Wildman–Crippen MR) is 99.5 cm³/mol. The van der Waals surface area contributed by atoms with E-state index in [0.29, 0.717) is 5.56 Å². The van der Waals surface area contributed by atoms with Crippen LogP contribution in [0.15, 0.2) is 99.2 Å². The molecule has 0 radical (unpaired) electrons. The highest BCUT2D eigenvalue weighted by atomic mass is 32.3. The first kappa shape index (κ1) is 18.0. The van der Waals surface area contributed by atoms with Crippen molar-refractivity contribution in [2.75, 3.05) is 0 Å². The van der Waals surface area contributed by atoms with Gasteiger partial charge in [-0.1, -0.05) is 42.5 Å². The molecule has 0 aliphatic rings. The van der Waals surface area contributed by atoms with Crippen molar-refractivity contribution in [2.24, 2.45) is 0 Å². The van der Waals surface area contributed by atoms with Gasteiger partial charge in [-0.3, -0.25) is 4.98 Å². The Bertz CT molecular complexity index is 1050. The molecule has 3 rings (SSSR count). The Hall–Kier alpha value is -2.77. The molecule has 0 N–H and O–H groups in total. The molecule has 0 amide bonds. The monoisotopic (exact) mass is 385 g/mol. The second-order valence-electron chi connectivity index (χ2n) is 5.38. The Kier molecular flexibility index (Phi) is 5.01. The molecule has 0 fully saturated rings. The van der Waals surface area contributed by atoms with Crippen molar-refractivity contribution in [3.05, 3.63) is 95.0 Å². The van der Waals surface area contributed by atoms with Crippen molar-refractivity contribution in [2.45, 2.75) is 9.79 Å². The van der Waals surface area contributed by atoms with E-state index in [1.165, 1.54) is 36.7 Å². The van der Waals surface area contributed by atoms with Gasteiger partial charge in [-0.05, 0) is 42.0 Å². The summed E-state index contributed by atoms with van der Waals surface area (Å²) < 4.78 is 51.7. The minimum atomic E-state index is -4.26. The summed E-state index contributed by atoms with van der Waals surface area (Å²) in [7, 11) is -8.52. The molecule has 2 aromatic carbocycles. The first-order valence-corrected chi connectivity index (χ1v) is 10.6. The van der Waals surface area contributed by atoms with E-state index in [1.54, 1.807) is 48.5 Å². The van der Waals surface area contributed by atoms with Gasteiger partial charge in [0.05, 0.1) is 9.79 Å². The molecule has 0 spiro atoms. The smallest absolute Gasteiger partial charge is 0.217 e. The molecule has 0 atom stereocenters. The zero-order valence-corrected chi connectivity index (χ0v) is 15.2. The molecule has 1 aromatic heterocycles. The van der Waals surface area contributed by atoms with E-state index in [1.807, 2.05) is 0 Å². The lowest BCUT2D eigenvalue weighted by atomic mass is 10.3. The normalized spacial score (nSPS) is 11.7. The molecule has 26 heavy (non-hydrogen) atoms. The summed E-state index contributed by atoms with van der Waals surface area (Å²) in [4.78, 5) is 3.74. The first-order valence-electron chi connectivity index (χ1n) is 7.64. The van der Waals surface area contributed by atoms with Crippen LogP contribution in [0.3, 0.4) is 0 Å². The summed E-state index contributed by atoms with van der Waals surface area (Å²) in [5, 5.41) is 0. The van der Waals surface area contributed by atoms with Crippen LogP contribution in [-0.4, -0.2) is 21.8 Å². The van der Waals surface area contributed by atoms with Crippen LogP contribution in [0.2, 0.25) is 0 Å². The fraction of sp³-hybridized carbons (Fsp3) is 0. The molecule has 1 heterocycles. The topological polar surface area (TPSA) is 81.2 Å². The molecule has 3 aromatic rings. The van der Waals surface area contributed by atoms with Crippen LogP contribution >= 0.6 is 0 Å². The summed E-state index contributed by atoms with van der Waals surface area (Å²) in [5.74, 6) is 0. The largest absolute Gasteiger partial charge is 0.264 e. The third kappa shape index (κ3) is 3.58. The number of rotatable bonds is 5. The second-order valence-corrected chi connectivity index (χ2v) is 9.48. The SMILES string of the molecule is O=S(=O)(C(=Cc1cccnc1)S(=O)(=O)c1ccccc1)c1ccccc1. The average molecular weight is 385 g/mol. The lowest BCUT2D eigenvalue weighted by Gasteiger charge is -2.11. The van der Waals surface area contributed by atoms with E-state index >= 15 is 0 Å². The Morgan fingerprint density at radius 2 is 1.19 bits per heavy atom. The highest BCUT2D eigenvalue weighted by molar-refractivity contribution is 8.14. The minimum Gasteiger partial charge on any atom is -0.264 e. The molecule has 0 saturated heterocycles. The second kappa shape index (κ2) is 7.23. The maximum Gasteiger partial charge on any atom is 0.217 e. The number of benzene rings is 2. The molecule has 7 heteroatoms. The number of sulfone groups is 2. The summed E-state index contributed by atoms with van der Waals surface area (Å²) in [5.41, 5.74) is 0.376. The summed E-state index contributed by atoms with van der Waals surface area (Å²) in [6, 6.07) is 18.2. The third-order valence-electron chi connectivity index (χ3n) is 3.61. The van der Waals surface area contributed by atoms with Gasteiger partial charge < -0.3 is 0 Å². The summed E-state index contributed by atoms with van der Waals surface area (Å²) in [6.07, 6.45) is 4.06. The van der Waals surface area contributed by atoms with Crippen molar-refractivity contribution in [3.63, 3.8) is 0 Å². The number of hydrogen-bond donors (Lipinski definition) is 0. The third-order valence-corrected chi connectivity index (χ3v) is 8.00. The van der Waals surface area contributed by atoms with E-state index in [-0.39, 0.29) is 9.79 Å². The van der Waals surface area contributed by atoms with Crippen molar-refractivity contribution >= 4 is 25.8 Å². The quantitative estimate of drug-likeness (QED) is 0.673. The molecule has 0 bridgehead atoms. The van der Waals surface area contributed by atoms with Crippen LogP contribution in [0, 0.1) is 0 Å². The number of aromatic nitrogens is 1. The zero-order valence-electron chi connectivity index (χ0n) is 13.6. The van der Waals surface area contributed by atoms with Gasteiger partial charge in [-0.2, -0.15) is 0 Å². The van der Waals surface area contributed by atoms with E-state index in [0.717, 1.165) is 6.08 Å². The van der Waals surface area contributed by atoms with Crippen molar-refractivity contribution < 1.29 is 16.8 Å². The first-order chi connectivity index (χ1) is 12.4. The van der Waals surface area contributed by atoms with E-state index in [9.17, 15) is 16.8 Å². The van der Waals surface area contributed by atoms with Crippen molar-refractivity contribution in [3.8, 4) is 0 Å². The number of nitrogens with zero attached hydrogens (tertiary/aromatic N) is 1. The van der Waals surface area contributed by atoms with Crippen LogP contribution in [0.4, 0.5) is 0 Å². The highest BCUT2D eigenvalue weighted by Gasteiger charge is 2.33. The Labute approximate surface area is 152 Å². The Balaban J connectivity index is 2.27. The maximum absolute atomic E-state index is 13.1. The average Bonchev–Trinajstić information content (AvgIpc) is 2.68. The van der Waals surface area contributed by atoms with E-state index < -0.39 is 23.9 Å². The molecular formula is C19H15NO4S2. The molecule has 5 nitrogen and oxygen atoms in total. The lowest BCUT2D eigenvalue weighted by Crippen LogP contribution is -2.15. The van der Waals surface area contributed by atoms with Gasteiger partial charge in [0.1, 0.15) is 0 Å². The van der Waals surface area contributed by atoms with Gasteiger partial charge in [0.25, 0.3) is 0 Å². The predicted octanol–water partition coefficient (Wildman–Crippen LogP) is 3.33.